The van der Waals surface area contributed by atoms with Crippen LogP contribution in [0.2, 0.25) is 0 Å². The molecular formula is C15H22N2O. The maximum Gasteiger partial charge on any atom is 0.253 e. The molecule has 1 aromatic rings. The summed E-state index contributed by atoms with van der Waals surface area (Å²) in [6, 6.07) is 5.56. The average molecular weight is 246 g/mol. The number of amides is 1. The van der Waals surface area contributed by atoms with Gasteiger partial charge in [-0.3, -0.25) is 4.79 Å². The minimum absolute atomic E-state index is 0.0456. The molecule has 1 saturated carbocycles. The maximum absolute atomic E-state index is 12.1. The lowest BCUT2D eigenvalue weighted by atomic mass is 10.1. The summed E-state index contributed by atoms with van der Waals surface area (Å²) in [5.41, 5.74) is 8.05. The average Bonchev–Trinajstić information content (AvgIpc) is 2.75. The van der Waals surface area contributed by atoms with E-state index in [0.717, 1.165) is 18.0 Å². The lowest BCUT2D eigenvalue weighted by Gasteiger charge is -2.12. The van der Waals surface area contributed by atoms with E-state index in [4.69, 9.17) is 5.73 Å². The SMILES string of the molecule is Cc1ccc(N)c(C(=O)NCC2CCC(C)C2)c1. The molecule has 3 N–H and O–H groups in total. The molecule has 1 amide bonds. The summed E-state index contributed by atoms with van der Waals surface area (Å²) in [5, 5.41) is 3.01. The van der Waals surface area contributed by atoms with Crippen molar-refractivity contribution in [3.05, 3.63) is 29.3 Å². The molecule has 0 saturated heterocycles. The molecule has 0 aromatic heterocycles. The fourth-order valence-corrected chi connectivity index (χ4v) is 2.71. The fourth-order valence-electron chi connectivity index (χ4n) is 2.71. The van der Waals surface area contributed by atoms with Gasteiger partial charge in [0.05, 0.1) is 5.56 Å². The zero-order valence-electron chi connectivity index (χ0n) is 11.2. The van der Waals surface area contributed by atoms with Gasteiger partial charge in [0, 0.05) is 12.2 Å². The number of anilines is 1. The van der Waals surface area contributed by atoms with E-state index >= 15 is 0 Å². The first-order chi connectivity index (χ1) is 8.56. The van der Waals surface area contributed by atoms with Crippen LogP contribution in [0.5, 0.6) is 0 Å². The van der Waals surface area contributed by atoms with E-state index in [2.05, 4.69) is 12.2 Å². The van der Waals surface area contributed by atoms with Crippen LogP contribution in [-0.4, -0.2) is 12.5 Å². The van der Waals surface area contributed by atoms with Gasteiger partial charge in [-0.1, -0.05) is 25.0 Å². The van der Waals surface area contributed by atoms with Gasteiger partial charge in [0.15, 0.2) is 0 Å². The third-order valence-electron chi connectivity index (χ3n) is 3.81. The van der Waals surface area contributed by atoms with Crippen LogP contribution in [0.4, 0.5) is 5.69 Å². The summed E-state index contributed by atoms with van der Waals surface area (Å²) in [7, 11) is 0. The topological polar surface area (TPSA) is 55.1 Å². The van der Waals surface area contributed by atoms with Crippen molar-refractivity contribution in [3.8, 4) is 0 Å². The van der Waals surface area contributed by atoms with Crippen molar-refractivity contribution < 1.29 is 4.79 Å². The molecule has 1 aliphatic rings. The zero-order valence-corrected chi connectivity index (χ0v) is 11.2. The van der Waals surface area contributed by atoms with Crippen LogP contribution in [0.1, 0.15) is 42.1 Å². The molecule has 0 spiro atoms. The van der Waals surface area contributed by atoms with Gasteiger partial charge in [-0.05, 0) is 43.7 Å². The molecule has 1 aliphatic carbocycles. The smallest absolute Gasteiger partial charge is 0.253 e. The standard InChI is InChI=1S/C15H22N2O/c1-10-3-5-12(7-10)9-17-15(18)13-8-11(2)4-6-14(13)16/h4,6,8,10,12H,3,5,7,9,16H2,1-2H3,(H,17,18). The Labute approximate surface area is 109 Å². The first-order valence-electron chi connectivity index (χ1n) is 6.70. The summed E-state index contributed by atoms with van der Waals surface area (Å²) in [4.78, 5) is 12.1. The van der Waals surface area contributed by atoms with Crippen LogP contribution < -0.4 is 11.1 Å². The second kappa shape index (κ2) is 5.42. The molecule has 0 bridgehead atoms. The molecule has 18 heavy (non-hydrogen) atoms. The second-order valence-electron chi connectivity index (χ2n) is 5.58. The Morgan fingerprint density at radius 3 is 2.89 bits per heavy atom. The normalized spacial score (nSPS) is 23.0. The number of rotatable bonds is 3. The minimum Gasteiger partial charge on any atom is -0.398 e. The predicted molar refractivity (Wildman–Crippen MR) is 74.4 cm³/mol. The van der Waals surface area contributed by atoms with Crippen LogP contribution >= 0.6 is 0 Å². The van der Waals surface area contributed by atoms with Gasteiger partial charge >= 0.3 is 0 Å². The number of nitrogens with two attached hydrogens (primary N) is 1. The summed E-state index contributed by atoms with van der Waals surface area (Å²) >= 11 is 0. The van der Waals surface area contributed by atoms with Crippen molar-refractivity contribution in [2.75, 3.05) is 12.3 Å². The van der Waals surface area contributed by atoms with E-state index in [1.54, 1.807) is 6.07 Å². The molecule has 3 heteroatoms. The Bertz CT molecular complexity index is 442. The number of hydrogen-bond donors (Lipinski definition) is 2. The van der Waals surface area contributed by atoms with E-state index < -0.39 is 0 Å². The Morgan fingerprint density at radius 2 is 2.22 bits per heavy atom. The number of hydrogen-bond acceptors (Lipinski definition) is 2. The van der Waals surface area contributed by atoms with Gasteiger partial charge in [-0.25, -0.2) is 0 Å². The number of carbonyl (C=O) groups excluding carboxylic acids is 1. The Balaban J connectivity index is 1.93. The van der Waals surface area contributed by atoms with E-state index in [1.165, 1.54) is 19.3 Å². The summed E-state index contributed by atoms with van der Waals surface area (Å²) in [6.45, 7) is 5.02. The van der Waals surface area contributed by atoms with Gasteiger partial charge in [0.2, 0.25) is 0 Å². The lowest BCUT2D eigenvalue weighted by molar-refractivity contribution is 0.0948. The van der Waals surface area contributed by atoms with E-state index in [9.17, 15) is 4.79 Å². The zero-order chi connectivity index (χ0) is 13.1. The molecule has 2 rings (SSSR count). The molecule has 2 unspecified atom stereocenters. The molecular weight excluding hydrogens is 224 g/mol. The van der Waals surface area contributed by atoms with Crippen molar-refractivity contribution in [2.45, 2.75) is 33.1 Å². The van der Waals surface area contributed by atoms with Crippen molar-refractivity contribution >= 4 is 11.6 Å². The van der Waals surface area contributed by atoms with E-state index in [-0.39, 0.29) is 5.91 Å². The largest absolute Gasteiger partial charge is 0.398 e. The fraction of sp³-hybridized carbons (Fsp3) is 0.533. The maximum atomic E-state index is 12.1. The highest BCUT2D eigenvalue weighted by molar-refractivity contribution is 5.99. The van der Waals surface area contributed by atoms with Crippen LogP contribution in [0, 0.1) is 18.8 Å². The molecule has 0 heterocycles. The van der Waals surface area contributed by atoms with Crippen molar-refractivity contribution in [1.82, 2.24) is 5.32 Å². The number of benzene rings is 1. The van der Waals surface area contributed by atoms with E-state index in [1.807, 2.05) is 19.1 Å². The summed E-state index contributed by atoms with van der Waals surface area (Å²) < 4.78 is 0. The van der Waals surface area contributed by atoms with Gasteiger partial charge in [0.1, 0.15) is 0 Å². The van der Waals surface area contributed by atoms with Crippen molar-refractivity contribution in [1.29, 1.82) is 0 Å². The molecule has 2 atom stereocenters. The third-order valence-corrected chi connectivity index (χ3v) is 3.81. The minimum atomic E-state index is -0.0456. The Morgan fingerprint density at radius 1 is 1.44 bits per heavy atom. The van der Waals surface area contributed by atoms with Crippen molar-refractivity contribution in [3.63, 3.8) is 0 Å². The Hall–Kier alpha value is -1.51. The van der Waals surface area contributed by atoms with Crippen LogP contribution in [0.3, 0.4) is 0 Å². The third kappa shape index (κ3) is 3.03. The molecule has 0 radical (unpaired) electrons. The summed E-state index contributed by atoms with van der Waals surface area (Å²) in [6.07, 6.45) is 3.74. The Kier molecular flexibility index (Phi) is 3.90. The quantitative estimate of drug-likeness (QED) is 0.806. The second-order valence-corrected chi connectivity index (χ2v) is 5.58. The highest BCUT2D eigenvalue weighted by Gasteiger charge is 2.22. The first kappa shape index (κ1) is 12.9. The van der Waals surface area contributed by atoms with Gasteiger partial charge < -0.3 is 11.1 Å². The lowest BCUT2D eigenvalue weighted by Crippen LogP contribution is -2.29. The molecule has 98 valence electrons. The molecule has 1 aromatic carbocycles. The highest BCUT2D eigenvalue weighted by Crippen LogP contribution is 2.29. The molecule has 0 aliphatic heterocycles. The first-order valence-corrected chi connectivity index (χ1v) is 6.70. The summed E-state index contributed by atoms with van der Waals surface area (Å²) in [5.74, 6) is 1.39. The number of nitrogen functional groups attached to an aromatic ring is 1. The van der Waals surface area contributed by atoms with Gasteiger partial charge in [0.25, 0.3) is 5.91 Å². The van der Waals surface area contributed by atoms with Crippen LogP contribution in [0.25, 0.3) is 0 Å². The number of aryl methyl sites for hydroxylation is 1. The van der Waals surface area contributed by atoms with Gasteiger partial charge in [-0.15, -0.1) is 0 Å². The number of nitrogens with one attached hydrogen (secondary N) is 1. The number of carbonyl (C=O) groups is 1. The molecule has 1 fully saturated rings. The molecule has 3 nitrogen and oxygen atoms in total. The predicted octanol–water partition coefficient (Wildman–Crippen LogP) is 2.74. The van der Waals surface area contributed by atoms with Gasteiger partial charge in [-0.2, -0.15) is 0 Å². The van der Waals surface area contributed by atoms with E-state index in [0.29, 0.717) is 17.2 Å². The van der Waals surface area contributed by atoms with Crippen LogP contribution in [0.15, 0.2) is 18.2 Å². The van der Waals surface area contributed by atoms with Crippen LogP contribution in [-0.2, 0) is 0 Å². The monoisotopic (exact) mass is 246 g/mol. The van der Waals surface area contributed by atoms with Crippen molar-refractivity contribution in [2.24, 2.45) is 11.8 Å². The highest BCUT2D eigenvalue weighted by atomic mass is 16.1.